The Labute approximate surface area is 172 Å². The highest BCUT2D eigenvalue weighted by Crippen LogP contribution is 2.35. The van der Waals surface area contributed by atoms with Crippen LogP contribution in [-0.2, 0) is 6.18 Å². The average Bonchev–Trinajstić information content (AvgIpc) is 2.67. The minimum atomic E-state index is -4.87. The molecule has 0 saturated heterocycles. The zero-order valence-corrected chi connectivity index (χ0v) is 15.9. The number of halogens is 6. The number of hydrogen-bond acceptors (Lipinski definition) is 3. The van der Waals surface area contributed by atoms with E-state index in [1.165, 1.54) is 0 Å². The number of hydrogen-bond donors (Lipinski definition) is 0. The molecule has 9 heteroatoms. The SMILES string of the molecule is CC=CCOc1cc(F)c(C(=O)Oc2ccc3c(F)c(C(F)(F)F)ccc3c2)c(F)c1. The van der Waals surface area contributed by atoms with Gasteiger partial charge in [-0.15, -0.1) is 0 Å². The van der Waals surface area contributed by atoms with Crippen molar-refractivity contribution in [2.45, 2.75) is 13.1 Å². The fourth-order valence-corrected chi connectivity index (χ4v) is 2.78. The molecule has 0 N–H and O–H groups in total. The first kappa shape index (κ1) is 22.2. The average molecular weight is 440 g/mol. The molecule has 31 heavy (non-hydrogen) atoms. The zero-order chi connectivity index (χ0) is 22.8. The second-order valence-electron chi connectivity index (χ2n) is 6.34. The van der Waals surface area contributed by atoms with Gasteiger partial charge in [0.05, 0.1) is 5.56 Å². The molecule has 0 bridgehead atoms. The molecule has 0 aliphatic rings. The Morgan fingerprint density at radius 3 is 2.26 bits per heavy atom. The van der Waals surface area contributed by atoms with Gasteiger partial charge in [-0.3, -0.25) is 0 Å². The second-order valence-corrected chi connectivity index (χ2v) is 6.34. The predicted octanol–water partition coefficient (Wildman–Crippen LogP) is 6.45. The summed E-state index contributed by atoms with van der Waals surface area (Å²) in [5.41, 5.74) is -2.41. The van der Waals surface area contributed by atoms with Crippen molar-refractivity contribution in [3.63, 3.8) is 0 Å². The Kier molecular flexibility index (Phi) is 6.24. The number of fused-ring (bicyclic) bond motifs is 1. The van der Waals surface area contributed by atoms with E-state index in [-0.39, 0.29) is 28.9 Å². The molecule has 0 aromatic heterocycles. The van der Waals surface area contributed by atoms with Crippen molar-refractivity contribution in [1.29, 1.82) is 0 Å². The van der Waals surface area contributed by atoms with Crippen LogP contribution in [0.4, 0.5) is 26.3 Å². The van der Waals surface area contributed by atoms with Gasteiger partial charge in [0.15, 0.2) is 0 Å². The molecular formula is C22H14F6O3. The van der Waals surface area contributed by atoms with Crippen molar-refractivity contribution in [2.75, 3.05) is 6.61 Å². The fraction of sp³-hybridized carbons (Fsp3) is 0.136. The van der Waals surface area contributed by atoms with E-state index in [0.29, 0.717) is 6.07 Å². The third-order valence-electron chi connectivity index (χ3n) is 4.24. The van der Waals surface area contributed by atoms with Gasteiger partial charge in [0.25, 0.3) is 0 Å². The molecule has 3 rings (SSSR count). The Bertz CT molecular complexity index is 1140. The van der Waals surface area contributed by atoms with Gasteiger partial charge in [-0.05, 0) is 36.6 Å². The van der Waals surface area contributed by atoms with Crippen LogP contribution in [0.25, 0.3) is 10.8 Å². The lowest BCUT2D eigenvalue weighted by molar-refractivity contribution is -0.139. The predicted molar refractivity (Wildman–Crippen MR) is 101 cm³/mol. The Morgan fingerprint density at radius 2 is 1.65 bits per heavy atom. The first-order chi connectivity index (χ1) is 14.6. The molecule has 0 unspecified atom stereocenters. The lowest BCUT2D eigenvalue weighted by atomic mass is 10.1. The van der Waals surface area contributed by atoms with Crippen LogP contribution in [0, 0.1) is 17.5 Å². The molecule has 162 valence electrons. The summed E-state index contributed by atoms with van der Waals surface area (Å²) >= 11 is 0. The third kappa shape index (κ3) is 4.82. The molecule has 3 aromatic rings. The highest BCUT2D eigenvalue weighted by atomic mass is 19.4. The lowest BCUT2D eigenvalue weighted by Gasteiger charge is -2.12. The molecule has 0 amide bonds. The summed E-state index contributed by atoms with van der Waals surface area (Å²) in [5, 5.41) is -0.348. The van der Waals surface area contributed by atoms with Gasteiger partial charge in [0.1, 0.15) is 41.1 Å². The molecule has 0 spiro atoms. The molecule has 3 nitrogen and oxygen atoms in total. The molecule has 3 aromatic carbocycles. The summed E-state index contributed by atoms with van der Waals surface area (Å²) in [5.74, 6) is -5.66. The number of carbonyl (C=O) groups is 1. The van der Waals surface area contributed by atoms with E-state index < -0.39 is 40.7 Å². The molecule has 0 atom stereocenters. The summed E-state index contributed by atoms with van der Waals surface area (Å²) < 4.78 is 91.1. The summed E-state index contributed by atoms with van der Waals surface area (Å²) in [7, 11) is 0. The maximum Gasteiger partial charge on any atom is 0.419 e. The first-order valence-electron chi connectivity index (χ1n) is 8.86. The van der Waals surface area contributed by atoms with Crippen molar-refractivity contribution in [2.24, 2.45) is 0 Å². The topological polar surface area (TPSA) is 35.5 Å². The lowest BCUT2D eigenvalue weighted by Crippen LogP contribution is -2.13. The van der Waals surface area contributed by atoms with Crippen molar-refractivity contribution in [3.05, 3.63) is 83.2 Å². The smallest absolute Gasteiger partial charge is 0.419 e. The normalized spacial score (nSPS) is 11.8. The highest BCUT2D eigenvalue weighted by Gasteiger charge is 2.34. The van der Waals surface area contributed by atoms with E-state index in [1.807, 2.05) is 0 Å². The van der Waals surface area contributed by atoms with E-state index in [9.17, 15) is 31.1 Å². The monoisotopic (exact) mass is 440 g/mol. The standard InChI is InChI=1S/C22H14F6O3/c1-2-3-8-30-14-10-17(23)19(18(24)11-14)21(29)31-13-5-6-15-12(9-13)4-7-16(20(15)25)22(26,27)28/h2-7,9-11H,8H2,1H3. The van der Waals surface area contributed by atoms with Gasteiger partial charge in [-0.2, -0.15) is 13.2 Å². The summed E-state index contributed by atoms with van der Waals surface area (Å²) in [4.78, 5) is 12.2. The number of ether oxygens (including phenoxy) is 2. The van der Waals surface area contributed by atoms with Gasteiger partial charge in [0.2, 0.25) is 0 Å². The van der Waals surface area contributed by atoms with Gasteiger partial charge in [-0.25, -0.2) is 18.0 Å². The Hall–Kier alpha value is -3.49. The van der Waals surface area contributed by atoms with Crippen molar-refractivity contribution >= 4 is 16.7 Å². The van der Waals surface area contributed by atoms with Crippen LogP contribution in [0.15, 0.2) is 54.6 Å². The van der Waals surface area contributed by atoms with Crippen LogP contribution >= 0.6 is 0 Å². The molecule has 0 heterocycles. The molecular weight excluding hydrogens is 426 g/mol. The van der Waals surface area contributed by atoms with Crippen LogP contribution in [-0.4, -0.2) is 12.6 Å². The highest BCUT2D eigenvalue weighted by molar-refractivity contribution is 5.93. The largest absolute Gasteiger partial charge is 0.489 e. The van der Waals surface area contributed by atoms with E-state index in [2.05, 4.69) is 0 Å². The molecule has 0 fully saturated rings. The van der Waals surface area contributed by atoms with Crippen LogP contribution in [0.2, 0.25) is 0 Å². The van der Waals surface area contributed by atoms with Crippen LogP contribution < -0.4 is 9.47 Å². The van der Waals surface area contributed by atoms with Crippen molar-refractivity contribution in [3.8, 4) is 11.5 Å². The number of carbonyl (C=O) groups excluding carboxylic acids is 1. The summed E-state index contributed by atoms with van der Waals surface area (Å²) in [6.07, 6.45) is -1.59. The minimum Gasteiger partial charge on any atom is -0.489 e. The van der Waals surface area contributed by atoms with E-state index in [0.717, 1.165) is 36.4 Å². The maximum absolute atomic E-state index is 14.2. The van der Waals surface area contributed by atoms with Crippen molar-refractivity contribution in [1.82, 2.24) is 0 Å². The molecule has 0 aliphatic carbocycles. The summed E-state index contributed by atoms with van der Waals surface area (Å²) in [6, 6.07) is 6.27. The van der Waals surface area contributed by atoms with Gasteiger partial charge >= 0.3 is 12.1 Å². The maximum atomic E-state index is 14.2. The minimum absolute atomic E-state index is 0.00414. The van der Waals surface area contributed by atoms with Crippen LogP contribution in [0.5, 0.6) is 11.5 Å². The number of esters is 1. The third-order valence-corrected chi connectivity index (χ3v) is 4.24. The van der Waals surface area contributed by atoms with E-state index in [1.54, 1.807) is 19.1 Å². The van der Waals surface area contributed by atoms with Gasteiger partial charge < -0.3 is 9.47 Å². The van der Waals surface area contributed by atoms with Gasteiger partial charge in [0, 0.05) is 17.5 Å². The molecule has 0 radical (unpaired) electrons. The van der Waals surface area contributed by atoms with Crippen molar-refractivity contribution < 1.29 is 40.6 Å². The summed E-state index contributed by atoms with van der Waals surface area (Å²) in [6.45, 7) is 1.81. The zero-order valence-electron chi connectivity index (χ0n) is 15.9. The number of benzene rings is 3. The van der Waals surface area contributed by atoms with Gasteiger partial charge in [-0.1, -0.05) is 18.2 Å². The van der Waals surface area contributed by atoms with Crippen LogP contribution in [0.1, 0.15) is 22.8 Å². The Morgan fingerprint density at radius 1 is 0.968 bits per heavy atom. The number of alkyl halides is 3. The number of rotatable bonds is 5. The Balaban J connectivity index is 1.86. The first-order valence-corrected chi connectivity index (χ1v) is 8.86. The quantitative estimate of drug-likeness (QED) is 0.198. The van der Waals surface area contributed by atoms with E-state index >= 15 is 0 Å². The molecule has 0 saturated carbocycles. The van der Waals surface area contributed by atoms with Crippen LogP contribution in [0.3, 0.4) is 0 Å². The second kappa shape index (κ2) is 8.71. The molecule has 0 aliphatic heterocycles. The number of allylic oxidation sites excluding steroid dienone is 1. The fourth-order valence-electron chi connectivity index (χ4n) is 2.78. The van der Waals surface area contributed by atoms with E-state index in [4.69, 9.17) is 9.47 Å².